The Morgan fingerprint density at radius 1 is 1.22 bits per heavy atom. The van der Waals surface area contributed by atoms with Gasteiger partial charge in [0.1, 0.15) is 0 Å². The molecule has 0 saturated carbocycles. The van der Waals surface area contributed by atoms with Crippen molar-refractivity contribution < 1.29 is 0 Å². The molecular formula is C14H15BrClNS. The molecule has 0 spiro atoms. The Morgan fingerprint density at radius 3 is 2.50 bits per heavy atom. The van der Waals surface area contributed by atoms with E-state index in [4.69, 9.17) is 11.6 Å². The van der Waals surface area contributed by atoms with Crippen LogP contribution in [0.5, 0.6) is 0 Å². The molecule has 96 valence electrons. The smallest absolute Gasteiger partial charge is 0.0931 e. The molecule has 0 fully saturated rings. The van der Waals surface area contributed by atoms with E-state index < -0.39 is 0 Å². The first kappa shape index (κ1) is 14.1. The van der Waals surface area contributed by atoms with Crippen molar-refractivity contribution in [3.63, 3.8) is 0 Å². The summed E-state index contributed by atoms with van der Waals surface area (Å²) in [5.74, 6) is 0. The summed E-state index contributed by atoms with van der Waals surface area (Å²) in [6.45, 7) is 3.08. The van der Waals surface area contributed by atoms with Crippen molar-refractivity contribution in [3.05, 3.63) is 55.6 Å². The number of likely N-dealkylation sites (N-methyl/N-ethyl adjacent to an activating group) is 1. The summed E-state index contributed by atoms with van der Waals surface area (Å²) in [7, 11) is 0. The molecule has 1 nitrogen and oxygen atoms in total. The Morgan fingerprint density at radius 2 is 1.94 bits per heavy atom. The van der Waals surface area contributed by atoms with Gasteiger partial charge in [-0.2, -0.15) is 0 Å². The fraction of sp³-hybridized carbons (Fsp3) is 0.286. The van der Waals surface area contributed by atoms with Crippen LogP contribution in [-0.2, 0) is 6.42 Å². The number of thiophene rings is 1. The van der Waals surface area contributed by atoms with Gasteiger partial charge < -0.3 is 5.32 Å². The topological polar surface area (TPSA) is 12.0 Å². The maximum atomic E-state index is 6.01. The first-order chi connectivity index (χ1) is 8.69. The molecule has 1 aromatic heterocycles. The van der Waals surface area contributed by atoms with E-state index in [1.54, 1.807) is 11.3 Å². The second-order valence-corrected chi connectivity index (χ2v) is 6.75. The maximum Gasteiger partial charge on any atom is 0.0931 e. The molecule has 1 unspecified atom stereocenters. The average molecular weight is 345 g/mol. The van der Waals surface area contributed by atoms with Crippen molar-refractivity contribution in [3.8, 4) is 0 Å². The maximum absolute atomic E-state index is 6.01. The number of hydrogen-bond acceptors (Lipinski definition) is 2. The van der Waals surface area contributed by atoms with Gasteiger partial charge in [-0.05, 0) is 42.8 Å². The summed E-state index contributed by atoms with van der Waals surface area (Å²) in [6.07, 6.45) is 0.984. The molecule has 1 N–H and O–H groups in total. The zero-order valence-corrected chi connectivity index (χ0v) is 13.3. The quantitative estimate of drug-likeness (QED) is 0.799. The van der Waals surface area contributed by atoms with E-state index in [0.717, 1.165) is 21.8 Å². The van der Waals surface area contributed by atoms with Crippen molar-refractivity contribution in [2.24, 2.45) is 0 Å². The third kappa shape index (κ3) is 3.82. The number of nitrogens with one attached hydrogen (secondary N) is 1. The molecule has 0 amide bonds. The highest BCUT2D eigenvalue weighted by atomic mass is 79.9. The van der Waals surface area contributed by atoms with Gasteiger partial charge >= 0.3 is 0 Å². The van der Waals surface area contributed by atoms with Crippen LogP contribution in [0.15, 0.2) is 40.9 Å². The Bertz CT molecular complexity index is 495. The van der Waals surface area contributed by atoms with E-state index in [0.29, 0.717) is 6.04 Å². The zero-order valence-electron chi connectivity index (χ0n) is 10.1. The van der Waals surface area contributed by atoms with Gasteiger partial charge in [-0.1, -0.05) is 46.6 Å². The third-order valence-electron chi connectivity index (χ3n) is 2.74. The zero-order chi connectivity index (χ0) is 13.0. The monoisotopic (exact) mass is 343 g/mol. The van der Waals surface area contributed by atoms with E-state index in [2.05, 4.69) is 58.5 Å². The van der Waals surface area contributed by atoms with Crippen molar-refractivity contribution >= 4 is 38.9 Å². The Kier molecular flexibility index (Phi) is 5.25. The first-order valence-corrected chi connectivity index (χ1v) is 7.91. The molecule has 0 bridgehead atoms. The molecule has 1 heterocycles. The molecule has 2 aromatic rings. The van der Waals surface area contributed by atoms with Crippen LogP contribution in [0.4, 0.5) is 0 Å². The average Bonchev–Trinajstić information content (AvgIpc) is 2.78. The summed E-state index contributed by atoms with van der Waals surface area (Å²) in [5.41, 5.74) is 1.33. The lowest BCUT2D eigenvalue weighted by molar-refractivity contribution is 0.558. The SMILES string of the molecule is CCNC(Cc1ccc(Br)cc1)c1ccc(Cl)s1. The van der Waals surface area contributed by atoms with E-state index in [1.807, 2.05) is 6.07 Å². The highest BCUT2D eigenvalue weighted by Gasteiger charge is 2.13. The van der Waals surface area contributed by atoms with E-state index in [9.17, 15) is 0 Å². The minimum Gasteiger partial charge on any atom is -0.309 e. The van der Waals surface area contributed by atoms with Crippen molar-refractivity contribution in [1.82, 2.24) is 5.32 Å². The van der Waals surface area contributed by atoms with E-state index >= 15 is 0 Å². The van der Waals surface area contributed by atoms with Gasteiger partial charge in [-0.25, -0.2) is 0 Å². The van der Waals surface area contributed by atoms with Crippen LogP contribution in [0, 0.1) is 0 Å². The second-order valence-electron chi connectivity index (χ2n) is 4.08. The summed E-state index contributed by atoms with van der Waals surface area (Å²) < 4.78 is 1.97. The summed E-state index contributed by atoms with van der Waals surface area (Å²) in [4.78, 5) is 1.30. The largest absolute Gasteiger partial charge is 0.309 e. The number of rotatable bonds is 5. The van der Waals surface area contributed by atoms with Gasteiger partial charge in [-0.3, -0.25) is 0 Å². The second kappa shape index (κ2) is 6.71. The van der Waals surface area contributed by atoms with Gasteiger partial charge in [0.25, 0.3) is 0 Å². The van der Waals surface area contributed by atoms with Gasteiger partial charge in [0, 0.05) is 15.4 Å². The fourth-order valence-corrected chi connectivity index (χ4v) is 3.29. The summed E-state index contributed by atoms with van der Waals surface area (Å²) in [5, 5.41) is 3.52. The van der Waals surface area contributed by atoms with Crippen molar-refractivity contribution in [2.45, 2.75) is 19.4 Å². The van der Waals surface area contributed by atoms with Crippen LogP contribution in [0.3, 0.4) is 0 Å². The van der Waals surface area contributed by atoms with Gasteiger partial charge in [-0.15, -0.1) is 11.3 Å². The molecule has 0 aliphatic carbocycles. The van der Waals surface area contributed by atoms with Crippen LogP contribution >= 0.6 is 38.9 Å². The van der Waals surface area contributed by atoms with E-state index in [1.165, 1.54) is 10.4 Å². The predicted molar refractivity (Wildman–Crippen MR) is 83.6 cm³/mol. The Labute approximate surface area is 125 Å². The number of benzene rings is 1. The number of halogens is 2. The fourth-order valence-electron chi connectivity index (χ4n) is 1.89. The van der Waals surface area contributed by atoms with Gasteiger partial charge in [0.2, 0.25) is 0 Å². The molecular weight excluding hydrogens is 330 g/mol. The standard InChI is InChI=1S/C14H15BrClNS/c1-2-17-12(13-7-8-14(16)18-13)9-10-3-5-11(15)6-4-10/h3-8,12,17H,2,9H2,1H3. The van der Waals surface area contributed by atoms with Crippen LogP contribution in [0.25, 0.3) is 0 Å². The van der Waals surface area contributed by atoms with Gasteiger partial charge in [0.15, 0.2) is 0 Å². The molecule has 18 heavy (non-hydrogen) atoms. The Balaban J connectivity index is 2.13. The molecule has 2 rings (SSSR count). The van der Waals surface area contributed by atoms with Crippen molar-refractivity contribution in [1.29, 1.82) is 0 Å². The summed E-state index contributed by atoms with van der Waals surface area (Å²) in [6, 6.07) is 12.9. The minimum atomic E-state index is 0.341. The lowest BCUT2D eigenvalue weighted by atomic mass is 10.0. The highest BCUT2D eigenvalue weighted by molar-refractivity contribution is 9.10. The van der Waals surface area contributed by atoms with Crippen LogP contribution < -0.4 is 5.32 Å². The third-order valence-corrected chi connectivity index (χ3v) is 4.61. The highest BCUT2D eigenvalue weighted by Crippen LogP contribution is 2.29. The van der Waals surface area contributed by atoms with Crippen LogP contribution in [0.2, 0.25) is 4.34 Å². The normalized spacial score (nSPS) is 12.6. The Hall–Kier alpha value is -0.350. The van der Waals surface area contributed by atoms with E-state index in [-0.39, 0.29) is 0 Å². The lowest BCUT2D eigenvalue weighted by Gasteiger charge is -2.16. The van der Waals surface area contributed by atoms with Crippen LogP contribution in [0.1, 0.15) is 23.4 Å². The molecule has 1 atom stereocenters. The minimum absolute atomic E-state index is 0.341. The van der Waals surface area contributed by atoms with Crippen molar-refractivity contribution in [2.75, 3.05) is 6.54 Å². The summed E-state index contributed by atoms with van der Waals surface area (Å²) >= 11 is 11.1. The molecule has 0 saturated heterocycles. The predicted octanol–water partition coefficient (Wildman–Crippen LogP) is 5.06. The molecule has 1 aromatic carbocycles. The lowest BCUT2D eigenvalue weighted by Crippen LogP contribution is -2.22. The first-order valence-electron chi connectivity index (χ1n) is 5.92. The number of hydrogen-bond donors (Lipinski definition) is 1. The molecule has 0 aliphatic rings. The van der Waals surface area contributed by atoms with Crippen LogP contribution in [-0.4, -0.2) is 6.54 Å². The van der Waals surface area contributed by atoms with Gasteiger partial charge in [0.05, 0.1) is 4.34 Å². The molecule has 0 aliphatic heterocycles. The molecule has 4 heteroatoms. The molecule has 0 radical (unpaired) electrons.